The van der Waals surface area contributed by atoms with E-state index in [1.54, 1.807) is 30.5 Å². The van der Waals surface area contributed by atoms with Crippen LogP contribution in [-0.2, 0) is 0 Å². The van der Waals surface area contributed by atoms with Gasteiger partial charge in [0.05, 0.1) is 6.54 Å². The van der Waals surface area contributed by atoms with Gasteiger partial charge in [-0.25, -0.2) is 9.37 Å². The maximum absolute atomic E-state index is 14.0. The molecule has 0 aliphatic heterocycles. The monoisotopic (exact) mass is 315 g/mol. The van der Waals surface area contributed by atoms with E-state index in [0.717, 1.165) is 0 Å². The Labute approximate surface area is 124 Å². The molecule has 0 radical (unpaired) electrons. The van der Waals surface area contributed by atoms with Gasteiger partial charge < -0.3 is 10.6 Å². The Hall–Kier alpha value is -1.24. The molecule has 2 aromatic rings. The van der Waals surface area contributed by atoms with Crippen LogP contribution >= 0.6 is 35.2 Å². The highest BCUT2D eigenvalue weighted by Crippen LogP contribution is 2.24. The minimum absolute atomic E-state index is 0.0565. The predicted octanol–water partition coefficient (Wildman–Crippen LogP) is 3.79. The van der Waals surface area contributed by atoms with Gasteiger partial charge in [-0.15, -0.1) is 11.3 Å². The number of anilines is 1. The highest BCUT2D eigenvalue weighted by molar-refractivity contribution is 7.80. The molecule has 0 amide bonds. The molecular weight excluding hydrogens is 305 g/mol. The Morgan fingerprint density at radius 3 is 2.95 bits per heavy atom. The van der Waals surface area contributed by atoms with Crippen LogP contribution in [0.4, 0.5) is 9.52 Å². The number of benzene rings is 1. The van der Waals surface area contributed by atoms with Crippen LogP contribution in [0.3, 0.4) is 0 Å². The molecule has 1 heterocycles. The summed E-state index contributed by atoms with van der Waals surface area (Å²) in [5.74, 6) is 0. The number of halogens is 2. The number of nitrogens with one attached hydrogen (secondary N) is 2. The Morgan fingerprint density at radius 1 is 1.47 bits per heavy atom. The third-order valence-electron chi connectivity index (χ3n) is 2.34. The third kappa shape index (κ3) is 4.12. The van der Waals surface area contributed by atoms with Crippen LogP contribution in [0, 0.1) is 0 Å². The van der Waals surface area contributed by atoms with Gasteiger partial charge in [-0.05, 0) is 18.3 Å². The van der Waals surface area contributed by atoms with Crippen molar-refractivity contribution < 1.29 is 4.39 Å². The Bertz CT molecular complexity index is 548. The summed E-state index contributed by atoms with van der Waals surface area (Å²) in [6.07, 6.45) is 0.446. The predicted molar refractivity (Wildman–Crippen MR) is 81.6 cm³/mol. The van der Waals surface area contributed by atoms with Crippen LogP contribution in [0.25, 0.3) is 0 Å². The van der Waals surface area contributed by atoms with E-state index in [0.29, 0.717) is 20.8 Å². The van der Waals surface area contributed by atoms with Crippen LogP contribution in [0.15, 0.2) is 35.8 Å². The number of thiazole rings is 1. The van der Waals surface area contributed by atoms with Crippen molar-refractivity contribution in [3.05, 3.63) is 46.4 Å². The molecule has 0 aliphatic rings. The summed E-state index contributed by atoms with van der Waals surface area (Å²) in [4.78, 5) is 4.02. The summed E-state index contributed by atoms with van der Waals surface area (Å²) in [6, 6.07) is 6.84. The van der Waals surface area contributed by atoms with Gasteiger partial charge in [-0.2, -0.15) is 0 Å². The molecule has 2 N–H and O–H groups in total. The second-order valence-corrected chi connectivity index (χ2v) is 5.37. The Morgan fingerprint density at radius 2 is 2.26 bits per heavy atom. The number of aromatic nitrogens is 1. The maximum atomic E-state index is 14.0. The lowest BCUT2D eigenvalue weighted by Crippen LogP contribution is -2.31. The summed E-state index contributed by atoms with van der Waals surface area (Å²) in [5.41, 5.74) is 0.453. The molecule has 100 valence electrons. The van der Waals surface area contributed by atoms with Gasteiger partial charge in [0.25, 0.3) is 0 Å². The average Bonchev–Trinajstić information content (AvgIpc) is 2.89. The fourth-order valence-electron chi connectivity index (χ4n) is 1.45. The molecule has 1 aromatic carbocycles. The molecule has 7 heteroatoms. The van der Waals surface area contributed by atoms with Crippen molar-refractivity contribution in [2.24, 2.45) is 0 Å². The summed E-state index contributed by atoms with van der Waals surface area (Å²) >= 11 is 12.4. The van der Waals surface area contributed by atoms with Gasteiger partial charge in [0.15, 0.2) is 10.2 Å². The molecule has 0 aliphatic carbocycles. The van der Waals surface area contributed by atoms with Crippen LogP contribution in [0.2, 0.25) is 5.02 Å². The lowest BCUT2D eigenvalue weighted by Gasteiger charge is -2.13. The topological polar surface area (TPSA) is 37.0 Å². The van der Waals surface area contributed by atoms with Gasteiger partial charge in [-0.1, -0.05) is 29.8 Å². The average molecular weight is 316 g/mol. The summed E-state index contributed by atoms with van der Waals surface area (Å²) in [6.45, 7) is 0.0565. The smallest absolute Gasteiger partial charge is 0.188 e. The quantitative estimate of drug-likeness (QED) is 0.842. The molecule has 1 unspecified atom stereocenters. The lowest BCUT2D eigenvalue weighted by atomic mass is 10.1. The normalized spacial score (nSPS) is 11.9. The number of alkyl halides is 1. The van der Waals surface area contributed by atoms with E-state index < -0.39 is 6.17 Å². The van der Waals surface area contributed by atoms with E-state index in [2.05, 4.69) is 15.6 Å². The molecule has 0 saturated carbocycles. The van der Waals surface area contributed by atoms with E-state index in [9.17, 15) is 4.39 Å². The minimum atomic E-state index is -1.22. The largest absolute Gasteiger partial charge is 0.359 e. The van der Waals surface area contributed by atoms with E-state index in [1.165, 1.54) is 11.3 Å². The molecule has 2 rings (SSSR count). The third-order valence-corrected chi connectivity index (χ3v) is 3.62. The van der Waals surface area contributed by atoms with Crippen molar-refractivity contribution in [3.63, 3.8) is 0 Å². The maximum Gasteiger partial charge on any atom is 0.188 e. The second kappa shape index (κ2) is 6.79. The van der Waals surface area contributed by atoms with E-state index in [4.69, 9.17) is 23.8 Å². The van der Waals surface area contributed by atoms with Crippen molar-refractivity contribution in [1.82, 2.24) is 10.3 Å². The van der Waals surface area contributed by atoms with Crippen molar-refractivity contribution in [2.75, 3.05) is 11.9 Å². The first-order chi connectivity index (χ1) is 9.16. The first-order valence-corrected chi connectivity index (χ1v) is 7.16. The van der Waals surface area contributed by atoms with Crippen LogP contribution in [-0.4, -0.2) is 16.6 Å². The van der Waals surface area contributed by atoms with Gasteiger partial charge in [0.1, 0.15) is 6.17 Å². The molecule has 1 atom stereocenters. The summed E-state index contributed by atoms with van der Waals surface area (Å²) in [7, 11) is 0. The number of hydrogen-bond donors (Lipinski definition) is 2. The minimum Gasteiger partial charge on any atom is -0.359 e. The van der Waals surface area contributed by atoms with E-state index >= 15 is 0 Å². The zero-order chi connectivity index (χ0) is 13.7. The standard InChI is InChI=1S/C12H11ClFN3S2/c13-9-4-2-1-3-8(9)10(14)7-16-11(18)17-12-15-5-6-19-12/h1-6,10H,7H2,(H2,15,16,17,18). The zero-order valence-electron chi connectivity index (χ0n) is 9.77. The first kappa shape index (κ1) is 14.2. The Kier molecular flexibility index (Phi) is 5.07. The fourth-order valence-corrected chi connectivity index (χ4v) is 2.48. The summed E-state index contributed by atoms with van der Waals surface area (Å²) < 4.78 is 14.0. The molecule has 3 nitrogen and oxygen atoms in total. The van der Waals surface area contributed by atoms with E-state index in [-0.39, 0.29) is 6.54 Å². The van der Waals surface area contributed by atoms with E-state index in [1.807, 2.05) is 5.38 Å². The number of rotatable bonds is 4. The molecule has 0 saturated heterocycles. The molecule has 19 heavy (non-hydrogen) atoms. The van der Waals surface area contributed by atoms with Crippen molar-refractivity contribution >= 4 is 45.4 Å². The van der Waals surface area contributed by atoms with Gasteiger partial charge in [-0.3, -0.25) is 0 Å². The molecule has 0 spiro atoms. The molecule has 0 fully saturated rings. The number of nitrogens with zero attached hydrogens (tertiary/aromatic N) is 1. The van der Waals surface area contributed by atoms with Crippen LogP contribution in [0.1, 0.15) is 11.7 Å². The van der Waals surface area contributed by atoms with Gasteiger partial charge in [0, 0.05) is 22.2 Å². The highest BCUT2D eigenvalue weighted by Gasteiger charge is 2.13. The SMILES string of the molecule is FC(CNC(=S)Nc1nccs1)c1ccccc1Cl. The second-order valence-electron chi connectivity index (χ2n) is 3.66. The first-order valence-electron chi connectivity index (χ1n) is 5.49. The van der Waals surface area contributed by atoms with Gasteiger partial charge in [0.2, 0.25) is 0 Å². The Balaban J connectivity index is 1.85. The van der Waals surface area contributed by atoms with Crippen LogP contribution < -0.4 is 10.6 Å². The zero-order valence-corrected chi connectivity index (χ0v) is 12.2. The van der Waals surface area contributed by atoms with Crippen molar-refractivity contribution in [1.29, 1.82) is 0 Å². The molecular formula is C12H11ClFN3S2. The van der Waals surface area contributed by atoms with Crippen molar-refractivity contribution in [3.8, 4) is 0 Å². The lowest BCUT2D eigenvalue weighted by molar-refractivity contribution is 0.343. The van der Waals surface area contributed by atoms with Crippen molar-refractivity contribution in [2.45, 2.75) is 6.17 Å². The van der Waals surface area contributed by atoms with Crippen LogP contribution in [0.5, 0.6) is 0 Å². The summed E-state index contributed by atoms with van der Waals surface area (Å²) in [5, 5.41) is 8.92. The van der Waals surface area contributed by atoms with Gasteiger partial charge >= 0.3 is 0 Å². The number of thiocarbonyl (C=S) groups is 1. The highest BCUT2D eigenvalue weighted by atomic mass is 35.5. The fraction of sp³-hybridized carbons (Fsp3) is 0.167. The number of hydrogen-bond acceptors (Lipinski definition) is 3. The molecule has 0 bridgehead atoms. The molecule has 1 aromatic heterocycles.